The van der Waals surface area contributed by atoms with E-state index >= 15 is 0 Å². The Hall–Kier alpha value is -0.640. The molecule has 1 N–H and O–H groups in total. The lowest BCUT2D eigenvalue weighted by atomic mass is 9.55. The Morgan fingerprint density at radius 1 is 1.20 bits per heavy atom. The molecule has 3 nitrogen and oxygen atoms in total. The Balaban J connectivity index is 1.19. The molecule has 3 aliphatic carbocycles. The molecule has 0 aromatic carbocycles. The third-order valence-corrected chi connectivity index (χ3v) is 12.3. The second-order valence-electron chi connectivity index (χ2n) is 14.3. The molecule has 0 aromatic rings. The van der Waals surface area contributed by atoms with Gasteiger partial charge in [0.05, 0.1) is 11.2 Å². The lowest BCUT2D eigenvalue weighted by molar-refractivity contribution is -0.149. The number of likely N-dealkylation sites (tertiary alicyclic amines) is 1. The summed E-state index contributed by atoms with van der Waals surface area (Å²) in [6.07, 6.45) is 19.9. The zero-order valence-corrected chi connectivity index (χ0v) is 23.4. The maximum atomic E-state index is 7.47. The molecule has 9 atom stereocenters. The minimum Gasteiger partial charge on any atom is -0.359 e. The molecule has 6 rings (SSSR count). The first-order valence-corrected chi connectivity index (χ1v) is 15.2. The quantitative estimate of drug-likeness (QED) is 0.463. The Kier molecular flexibility index (Phi) is 6.34. The number of hydrogen-bond acceptors (Lipinski definition) is 3. The molecule has 0 radical (unpaired) electrons. The van der Waals surface area contributed by atoms with E-state index in [0.29, 0.717) is 5.41 Å². The summed E-state index contributed by atoms with van der Waals surface area (Å²) in [5.74, 6) is 4.99. The Labute approximate surface area is 215 Å². The molecule has 2 saturated heterocycles. The molecule has 3 heteroatoms. The summed E-state index contributed by atoms with van der Waals surface area (Å²) in [5, 5.41) is 3.44. The number of nitrogens with zero attached hydrogens (tertiary/aromatic N) is 1. The molecule has 3 heterocycles. The molecule has 196 valence electrons. The monoisotopic (exact) mass is 480 g/mol. The van der Waals surface area contributed by atoms with Crippen LogP contribution in [0.4, 0.5) is 0 Å². The number of allylic oxidation sites excluding steroid dienone is 1. The SMILES string of the molecule is CNC[C@@H]1CC=C2C=C3CC[C@]4(C)[C@@H](C(C)CCC5CCN(C)CC5C)CC[C@H]4[C@@]34CC[C@]2(C1)O4. The first kappa shape index (κ1) is 24.7. The highest BCUT2D eigenvalue weighted by molar-refractivity contribution is 5.46. The van der Waals surface area contributed by atoms with Crippen molar-refractivity contribution in [3.63, 3.8) is 0 Å². The Morgan fingerprint density at radius 3 is 2.86 bits per heavy atom. The van der Waals surface area contributed by atoms with Crippen LogP contribution in [0.3, 0.4) is 0 Å². The molecule has 3 unspecified atom stereocenters. The molecule has 2 spiro atoms. The third kappa shape index (κ3) is 3.85. The van der Waals surface area contributed by atoms with Crippen LogP contribution >= 0.6 is 0 Å². The van der Waals surface area contributed by atoms with Gasteiger partial charge in [0, 0.05) is 6.54 Å². The predicted octanol–water partition coefficient (Wildman–Crippen LogP) is 6.60. The van der Waals surface area contributed by atoms with Crippen molar-refractivity contribution >= 4 is 0 Å². The fourth-order valence-electron chi connectivity index (χ4n) is 10.5. The van der Waals surface area contributed by atoms with E-state index in [0.717, 1.165) is 42.1 Å². The van der Waals surface area contributed by atoms with Crippen molar-refractivity contribution in [1.82, 2.24) is 10.2 Å². The highest BCUT2D eigenvalue weighted by Gasteiger charge is 2.67. The van der Waals surface area contributed by atoms with Crippen molar-refractivity contribution in [3.05, 3.63) is 23.3 Å². The summed E-state index contributed by atoms with van der Waals surface area (Å²) in [7, 11) is 4.40. The van der Waals surface area contributed by atoms with Gasteiger partial charge in [0.2, 0.25) is 0 Å². The highest BCUT2D eigenvalue weighted by atomic mass is 16.5. The lowest BCUT2D eigenvalue weighted by Crippen LogP contribution is -2.55. The number of rotatable bonds is 6. The molecule has 0 amide bonds. The molecule has 35 heavy (non-hydrogen) atoms. The lowest BCUT2D eigenvalue weighted by Gasteiger charge is -2.56. The van der Waals surface area contributed by atoms with Crippen LogP contribution in [0.5, 0.6) is 0 Å². The first-order chi connectivity index (χ1) is 16.8. The topological polar surface area (TPSA) is 24.5 Å². The number of ether oxygens (including phenoxy) is 1. The maximum Gasteiger partial charge on any atom is 0.0944 e. The van der Waals surface area contributed by atoms with Gasteiger partial charge in [0.15, 0.2) is 0 Å². The summed E-state index contributed by atoms with van der Waals surface area (Å²) in [6.45, 7) is 11.5. The third-order valence-electron chi connectivity index (χ3n) is 12.3. The van der Waals surface area contributed by atoms with Crippen molar-refractivity contribution in [1.29, 1.82) is 0 Å². The minimum atomic E-state index is 0.0233. The van der Waals surface area contributed by atoms with E-state index in [4.69, 9.17) is 4.74 Å². The minimum absolute atomic E-state index is 0.0233. The average Bonchev–Trinajstić information content (AvgIpc) is 3.34. The molecular formula is C32H52N2O. The van der Waals surface area contributed by atoms with Crippen molar-refractivity contribution in [2.24, 2.45) is 40.9 Å². The van der Waals surface area contributed by atoms with Crippen LogP contribution in [-0.4, -0.2) is 49.8 Å². The summed E-state index contributed by atoms with van der Waals surface area (Å²) in [5.41, 5.74) is 3.77. The molecule has 6 aliphatic rings. The number of hydrogen-bond donors (Lipinski definition) is 1. The van der Waals surface area contributed by atoms with Crippen molar-refractivity contribution in [2.75, 3.05) is 33.7 Å². The number of piperidine rings is 1. The standard InChI is InChI=1S/C32H52N2O/c1-22(6-8-25-13-17-34(5)21-23(25)2)28-10-11-29-30(28,3)14-12-27-18-26-9-7-24(20-33-4)19-31(26)15-16-32(27,29)35-31/h9,18,22-25,28-29,33H,6-8,10-17,19-21H2,1-5H3/t22?,23?,24-,25?,28-,29-,30-,31-,32-/m1/s1. The average molecular weight is 481 g/mol. The first-order valence-electron chi connectivity index (χ1n) is 15.2. The van der Waals surface area contributed by atoms with Gasteiger partial charge in [-0.1, -0.05) is 39.3 Å². The second-order valence-corrected chi connectivity index (χ2v) is 14.3. The van der Waals surface area contributed by atoms with Crippen LogP contribution < -0.4 is 5.32 Å². The van der Waals surface area contributed by atoms with E-state index in [1.165, 1.54) is 83.7 Å². The summed E-state index contributed by atoms with van der Waals surface area (Å²) < 4.78 is 7.47. The van der Waals surface area contributed by atoms with Gasteiger partial charge in [-0.15, -0.1) is 0 Å². The summed E-state index contributed by atoms with van der Waals surface area (Å²) >= 11 is 0. The normalized spacial score (nSPS) is 48.0. The largest absolute Gasteiger partial charge is 0.359 e. The summed E-state index contributed by atoms with van der Waals surface area (Å²) in [4.78, 5) is 2.53. The van der Waals surface area contributed by atoms with Gasteiger partial charge in [-0.2, -0.15) is 0 Å². The maximum absolute atomic E-state index is 7.47. The van der Waals surface area contributed by atoms with Gasteiger partial charge in [0.1, 0.15) is 0 Å². The van der Waals surface area contributed by atoms with E-state index < -0.39 is 0 Å². The molecule has 2 bridgehead atoms. The van der Waals surface area contributed by atoms with Crippen molar-refractivity contribution in [2.45, 2.75) is 103 Å². The van der Waals surface area contributed by atoms with Gasteiger partial charge in [-0.05, 0) is 143 Å². The van der Waals surface area contributed by atoms with Crippen LogP contribution in [-0.2, 0) is 4.74 Å². The summed E-state index contributed by atoms with van der Waals surface area (Å²) in [6, 6.07) is 0. The van der Waals surface area contributed by atoms with Gasteiger partial charge in [-0.25, -0.2) is 0 Å². The predicted molar refractivity (Wildman–Crippen MR) is 145 cm³/mol. The van der Waals surface area contributed by atoms with Gasteiger partial charge < -0.3 is 15.0 Å². The molecule has 4 fully saturated rings. The number of nitrogens with one attached hydrogen (secondary N) is 1. The van der Waals surface area contributed by atoms with Crippen LogP contribution in [0.25, 0.3) is 0 Å². The van der Waals surface area contributed by atoms with Gasteiger partial charge in [-0.3, -0.25) is 0 Å². The van der Waals surface area contributed by atoms with E-state index in [2.05, 4.69) is 57.2 Å². The smallest absolute Gasteiger partial charge is 0.0944 e. The van der Waals surface area contributed by atoms with E-state index in [1.54, 1.807) is 11.1 Å². The van der Waals surface area contributed by atoms with Crippen LogP contribution in [0.2, 0.25) is 0 Å². The van der Waals surface area contributed by atoms with E-state index in [-0.39, 0.29) is 11.2 Å². The van der Waals surface area contributed by atoms with Crippen LogP contribution in [0.15, 0.2) is 23.3 Å². The van der Waals surface area contributed by atoms with Gasteiger partial charge in [0.25, 0.3) is 0 Å². The highest BCUT2D eigenvalue weighted by Crippen LogP contribution is 2.69. The molecule has 0 aromatic heterocycles. The van der Waals surface area contributed by atoms with Crippen LogP contribution in [0, 0.1) is 40.9 Å². The van der Waals surface area contributed by atoms with Crippen LogP contribution in [0.1, 0.15) is 91.4 Å². The molecule has 3 aliphatic heterocycles. The Bertz CT molecular complexity index is 879. The van der Waals surface area contributed by atoms with Gasteiger partial charge >= 0.3 is 0 Å². The fraction of sp³-hybridized carbons (Fsp3) is 0.875. The molecular weight excluding hydrogens is 428 g/mol. The number of fused-ring (bicyclic) bond motifs is 1. The second kappa shape index (κ2) is 8.98. The zero-order valence-electron chi connectivity index (χ0n) is 23.4. The van der Waals surface area contributed by atoms with Crippen molar-refractivity contribution in [3.8, 4) is 0 Å². The van der Waals surface area contributed by atoms with Crippen molar-refractivity contribution < 1.29 is 4.74 Å². The molecule has 2 saturated carbocycles. The zero-order chi connectivity index (χ0) is 24.4. The Morgan fingerprint density at radius 2 is 2.06 bits per heavy atom. The van der Waals surface area contributed by atoms with E-state index in [9.17, 15) is 0 Å². The van der Waals surface area contributed by atoms with E-state index in [1.807, 2.05) is 0 Å². The fourth-order valence-corrected chi connectivity index (χ4v) is 10.5.